The van der Waals surface area contributed by atoms with Crippen LogP contribution in [0, 0.1) is 13.8 Å². The molecule has 0 saturated carbocycles. The maximum absolute atomic E-state index is 12.4. The third-order valence-electron chi connectivity index (χ3n) is 6.07. The highest BCUT2D eigenvalue weighted by atomic mass is 16.2. The fourth-order valence-corrected chi connectivity index (χ4v) is 4.11. The number of benzene rings is 1. The number of fused-ring (bicyclic) bond motifs is 1. The van der Waals surface area contributed by atoms with E-state index in [9.17, 15) is 4.79 Å². The van der Waals surface area contributed by atoms with Crippen molar-refractivity contribution in [2.45, 2.75) is 38.6 Å². The molecule has 0 radical (unpaired) electrons. The third kappa shape index (κ3) is 3.85. The molecule has 0 aliphatic carbocycles. The molecule has 1 saturated heterocycles. The van der Waals surface area contributed by atoms with Gasteiger partial charge in [0, 0.05) is 43.3 Å². The SMILES string of the molecule is Cc1cccc(NC(=O)NCC2(N)CCN(c3ncnc4c3C(C)CN4)C2)c1C. The van der Waals surface area contributed by atoms with Crippen molar-refractivity contribution in [1.29, 1.82) is 0 Å². The zero-order chi connectivity index (χ0) is 20.6. The summed E-state index contributed by atoms with van der Waals surface area (Å²) in [5.74, 6) is 2.25. The topological polar surface area (TPSA) is 108 Å². The molecule has 2 aliphatic heterocycles. The molecule has 3 heterocycles. The number of hydrogen-bond donors (Lipinski definition) is 4. The van der Waals surface area contributed by atoms with E-state index in [0.717, 1.165) is 53.5 Å². The van der Waals surface area contributed by atoms with Crippen LogP contribution in [-0.2, 0) is 0 Å². The molecule has 1 aromatic carbocycles. The summed E-state index contributed by atoms with van der Waals surface area (Å²) < 4.78 is 0. The fourth-order valence-electron chi connectivity index (χ4n) is 4.11. The molecule has 1 fully saturated rings. The molecule has 2 aliphatic rings. The summed E-state index contributed by atoms with van der Waals surface area (Å²) in [4.78, 5) is 23.5. The highest BCUT2D eigenvalue weighted by Crippen LogP contribution is 2.37. The Labute approximate surface area is 171 Å². The Kier molecular flexibility index (Phi) is 5.04. The van der Waals surface area contributed by atoms with Crippen molar-refractivity contribution in [2.24, 2.45) is 5.73 Å². The van der Waals surface area contributed by atoms with E-state index in [1.54, 1.807) is 6.33 Å². The van der Waals surface area contributed by atoms with Gasteiger partial charge in [-0.25, -0.2) is 14.8 Å². The monoisotopic (exact) mass is 395 g/mol. The summed E-state index contributed by atoms with van der Waals surface area (Å²) in [5, 5.41) is 9.21. The minimum absolute atomic E-state index is 0.234. The summed E-state index contributed by atoms with van der Waals surface area (Å²) in [6.45, 7) is 8.95. The van der Waals surface area contributed by atoms with Gasteiger partial charge in [0.05, 0.1) is 5.54 Å². The molecule has 8 nitrogen and oxygen atoms in total. The lowest BCUT2D eigenvalue weighted by atomic mass is 10.0. The first-order valence-corrected chi connectivity index (χ1v) is 10.1. The van der Waals surface area contributed by atoms with Gasteiger partial charge in [-0.05, 0) is 37.5 Å². The van der Waals surface area contributed by atoms with Gasteiger partial charge in [-0.3, -0.25) is 0 Å². The summed E-state index contributed by atoms with van der Waals surface area (Å²) in [5.41, 5.74) is 10.3. The number of hydrogen-bond acceptors (Lipinski definition) is 6. The molecular weight excluding hydrogens is 366 g/mol. The Morgan fingerprint density at radius 2 is 2.21 bits per heavy atom. The number of nitrogens with one attached hydrogen (secondary N) is 3. The number of rotatable bonds is 4. The number of carbonyl (C=O) groups excluding carboxylic acids is 1. The van der Waals surface area contributed by atoms with Crippen LogP contribution in [-0.4, -0.2) is 47.7 Å². The maximum Gasteiger partial charge on any atom is 0.319 e. The first-order valence-electron chi connectivity index (χ1n) is 10.1. The van der Waals surface area contributed by atoms with Crippen molar-refractivity contribution >= 4 is 23.4 Å². The van der Waals surface area contributed by atoms with E-state index in [-0.39, 0.29) is 6.03 Å². The van der Waals surface area contributed by atoms with Gasteiger partial charge in [-0.1, -0.05) is 19.1 Å². The molecular formula is C21H29N7O. The number of amides is 2. The molecule has 0 bridgehead atoms. The van der Waals surface area contributed by atoms with Crippen LogP contribution >= 0.6 is 0 Å². The maximum atomic E-state index is 12.4. The summed E-state index contributed by atoms with van der Waals surface area (Å²) in [6, 6.07) is 5.64. The summed E-state index contributed by atoms with van der Waals surface area (Å²) in [7, 11) is 0. The second kappa shape index (κ2) is 7.51. The zero-order valence-electron chi connectivity index (χ0n) is 17.2. The van der Waals surface area contributed by atoms with Crippen LogP contribution < -0.4 is 26.6 Å². The van der Waals surface area contributed by atoms with Gasteiger partial charge in [-0.2, -0.15) is 0 Å². The molecule has 2 atom stereocenters. The van der Waals surface area contributed by atoms with Crippen LogP contribution in [0.2, 0.25) is 0 Å². The molecule has 1 aromatic heterocycles. The van der Waals surface area contributed by atoms with E-state index < -0.39 is 5.54 Å². The molecule has 2 unspecified atom stereocenters. The zero-order valence-corrected chi connectivity index (χ0v) is 17.2. The van der Waals surface area contributed by atoms with E-state index in [1.807, 2.05) is 32.0 Å². The van der Waals surface area contributed by atoms with Gasteiger partial charge in [-0.15, -0.1) is 0 Å². The average molecular weight is 396 g/mol. The molecule has 2 amide bonds. The van der Waals surface area contributed by atoms with Crippen LogP contribution in [0.3, 0.4) is 0 Å². The lowest BCUT2D eigenvalue weighted by Gasteiger charge is -2.26. The Morgan fingerprint density at radius 1 is 1.38 bits per heavy atom. The summed E-state index contributed by atoms with van der Waals surface area (Å²) >= 11 is 0. The van der Waals surface area contributed by atoms with Gasteiger partial charge in [0.25, 0.3) is 0 Å². The minimum atomic E-state index is -0.494. The van der Waals surface area contributed by atoms with E-state index in [2.05, 4.69) is 37.7 Å². The number of carbonyl (C=O) groups is 1. The first kappa shape index (κ1) is 19.4. The van der Waals surface area contributed by atoms with Crippen molar-refractivity contribution in [1.82, 2.24) is 15.3 Å². The lowest BCUT2D eigenvalue weighted by Crippen LogP contribution is -2.52. The first-order chi connectivity index (χ1) is 13.9. The average Bonchev–Trinajstić information content (AvgIpc) is 3.28. The number of aromatic nitrogens is 2. The van der Waals surface area contributed by atoms with Crippen LogP contribution in [0.5, 0.6) is 0 Å². The fraction of sp³-hybridized carbons (Fsp3) is 0.476. The van der Waals surface area contributed by atoms with Crippen molar-refractivity contribution in [3.63, 3.8) is 0 Å². The van der Waals surface area contributed by atoms with Gasteiger partial charge >= 0.3 is 6.03 Å². The van der Waals surface area contributed by atoms with Gasteiger partial charge in [0.15, 0.2) is 0 Å². The third-order valence-corrected chi connectivity index (χ3v) is 6.07. The lowest BCUT2D eigenvalue weighted by molar-refractivity contribution is 0.249. The van der Waals surface area contributed by atoms with Crippen LogP contribution in [0.1, 0.15) is 36.0 Å². The second-order valence-electron chi connectivity index (χ2n) is 8.33. The van der Waals surface area contributed by atoms with Crippen LogP contribution in [0.25, 0.3) is 0 Å². The normalized spacial score (nSPS) is 22.9. The number of aryl methyl sites for hydroxylation is 1. The standard InChI is InChI=1S/C21H29N7O/c1-13-5-4-6-16(15(13)3)27-20(29)24-10-21(22)7-8-28(11-21)19-17-14(2)9-23-18(17)25-12-26-19/h4-6,12,14H,7-11,22H2,1-3H3,(H,23,25,26)(H2,24,27,29). The summed E-state index contributed by atoms with van der Waals surface area (Å²) in [6.07, 6.45) is 2.39. The van der Waals surface area contributed by atoms with Crippen LogP contribution in [0.15, 0.2) is 24.5 Å². The molecule has 8 heteroatoms. The molecule has 2 aromatic rings. The largest absolute Gasteiger partial charge is 0.369 e. The van der Waals surface area contributed by atoms with E-state index in [1.165, 1.54) is 0 Å². The Balaban J connectivity index is 1.38. The predicted octanol–water partition coefficient (Wildman–Crippen LogP) is 2.35. The highest BCUT2D eigenvalue weighted by Gasteiger charge is 2.37. The minimum Gasteiger partial charge on any atom is -0.369 e. The van der Waals surface area contributed by atoms with Crippen molar-refractivity contribution in [2.75, 3.05) is 41.7 Å². The van der Waals surface area contributed by atoms with E-state index in [0.29, 0.717) is 19.0 Å². The number of nitrogens with zero attached hydrogens (tertiary/aromatic N) is 3. The molecule has 5 N–H and O–H groups in total. The Morgan fingerprint density at radius 3 is 3.03 bits per heavy atom. The van der Waals surface area contributed by atoms with Crippen molar-refractivity contribution < 1.29 is 4.79 Å². The Hall–Kier alpha value is -2.87. The highest BCUT2D eigenvalue weighted by molar-refractivity contribution is 5.90. The smallest absolute Gasteiger partial charge is 0.319 e. The molecule has 29 heavy (non-hydrogen) atoms. The number of nitrogens with two attached hydrogens (primary N) is 1. The van der Waals surface area contributed by atoms with Gasteiger partial charge < -0.3 is 26.6 Å². The second-order valence-corrected chi connectivity index (χ2v) is 8.33. The van der Waals surface area contributed by atoms with Crippen molar-refractivity contribution in [3.05, 3.63) is 41.2 Å². The number of urea groups is 1. The quantitative estimate of drug-likeness (QED) is 0.633. The Bertz CT molecular complexity index is 931. The molecule has 154 valence electrons. The van der Waals surface area contributed by atoms with Gasteiger partial charge in [0.1, 0.15) is 18.0 Å². The van der Waals surface area contributed by atoms with Crippen molar-refractivity contribution in [3.8, 4) is 0 Å². The van der Waals surface area contributed by atoms with Gasteiger partial charge in [0.2, 0.25) is 0 Å². The van der Waals surface area contributed by atoms with Crippen LogP contribution in [0.4, 0.5) is 22.1 Å². The predicted molar refractivity (Wildman–Crippen MR) is 116 cm³/mol. The molecule has 4 rings (SSSR count). The van der Waals surface area contributed by atoms with E-state index >= 15 is 0 Å². The van der Waals surface area contributed by atoms with E-state index in [4.69, 9.17) is 5.73 Å². The molecule has 0 spiro atoms. The number of anilines is 3.